The van der Waals surface area contributed by atoms with Crippen LogP contribution in [-0.4, -0.2) is 45.9 Å². The molecule has 6 nitrogen and oxygen atoms in total. The predicted octanol–water partition coefficient (Wildman–Crippen LogP) is 2.17. The van der Waals surface area contributed by atoms with E-state index in [2.05, 4.69) is 10.6 Å². The molecule has 0 aromatic heterocycles. The Bertz CT molecular complexity index is 601. The maximum Gasteiger partial charge on any atom is 0.228 e. The zero-order valence-corrected chi connectivity index (χ0v) is 15.8. The van der Waals surface area contributed by atoms with E-state index in [1.807, 2.05) is 6.07 Å². The van der Waals surface area contributed by atoms with E-state index in [1.165, 1.54) is 0 Å². The van der Waals surface area contributed by atoms with Gasteiger partial charge in [0.1, 0.15) is 13.2 Å². The highest BCUT2D eigenvalue weighted by molar-refractivity contribution is 6.32. The third kappa shape index (κ3) is 4.50. The summed E-state index contributed by atoms with van der Waals surface area (Å²) in [4.78, 5) is 12.7. The second-order valence-corrected chi connectivity index (χ2v) is 6.66. The fourth-order valence-corrected chi connectivity index (χ4v) is 3.54. The molecular formula is C17H24Cl2N2O4. The number of ether oxygens (including phenoxy) is 3. The van der Waals surface area contributed by atoms with Gasteiger partial charge in [0.05, 0.1) is 17.0 Å². The number of methoxy groups -OCH3 is 1. The van der Waals surface area contributed by atoms with Crippen molar-refractivity contribution in [1.29, 1.82) is 0 Å². The van der Waals surface area contributed by atoms with Gasteiger partial charge in [0.2, 0.25) is 5.91 Å². The van der Waals surface area contributed by atoms with Crippen molar-refractivity contribution in [2.45, 2.75) is 19.4 Å². The van der Waals surface area contributed by atoms with Crippen molar-refractivity contribution in [2.24, 2.45) is 5.41 Å². The van der Waals surface area contributed by atoms with Crippen LogP contribution in [0.5, 0.6) is 11.5 Å². The van der Waals surface area contributed by atoms with Crippen LogP contribution in [0.4, 0.5) is 0 Å². The maximum absolute atomic E-state index is 12.7. The standard InChI is InChI=1S/C17H23ClN2O4.ClH/c1-22-11-17(2-4-19-5-3-17)16(21)20-10-12-8-13(18)15-14(9-12)23-6-7-24-15;/h8-9,19H,2-7,10-11H2,1H3,(H,20,21);1H. The minimum atomic E-state index is -0.461. The first-order chi connectivity index (χ1) is 11.6. The first kappa shape index (κ1) is 20.1. The number of halogens is 2. The fraction of sp³-hybridized carbons (Fsp3) is 0.588. The number of piperidine rings is 1. The van der Waals surface area contributed by atoms with Gasteiger partial charge in [-0.15, -0.1) is 12.4 Å². The molecule has 0 radical (unpaired) electrons. The third-order valence-electron chi connectivity index (χ3n) is 4.57. The molecule has 2 aliphatic heterocycles. The summed E-state index contributed by atoms with van der Waals surface area (Å²) in [5, 5.41) is 6.82. The summed E-state index contributed by atoms with van der Waals surface area (Å²) in [5.74, 6) is 1.23. The molecule has 3 rings (SSSR count). The van der Waals surface area contributed by atoms with Gasteiger partial charge in [0, 0.05) is 13.7 Å². The number of amides is 1. The summed E-state index contributed by atoms with van der Waals surface area (Å²) in [5.41, 5.74) is 0.427. The van der Waals surface area contributed by atoms with Gasteiger partial charge in [0.25, 0.3) is 0 Å². The summed E-state index contributed by atoms with van der Waals surface area (Å²) in [6, 6.07) is 3.67. The first-order valence-electron chi connectivity index (χ1n) is 8.21. The average Bonchev–Trinajstić information content (AvgIpc) is 2.61. The molecule has 1 amide bonds. The van der Waals surface area contributed by atoms with Crippen LogP contribution in [-0.2, 0) is 16.1 Å². The Kier molecular flexibility index (Phi) is 7.19. The quantitative estimate of drug-likeness (QED) is 0.805. The molecule has 0 saturated carbocycles. The van der Waals surface area contributed by atoms with E-state index < -0.39 is 5.41 Å². The molecule has 2 aliphatic rings. The lowest BCUT2D eigenvalue weighted by atomic mass is 9.78. The third-order valence-corrected chi connectivity index (χ3v) is 4.85. The topological polar surface area (TPSA) is 68.8 Å². The number of benzene rings is 1. The van der Waals surface area contributed by atoms with Crippen LogP contribution in [0.3, 0.4) is 0 Å². The van der Waals surface area contributed by atoms with E-state index in [1.54, 1.807) is 13.2 Å². The van der Waals surface area contributed by atoms with Crippen molar-refractivity contribution in [3.05, 3.63) is 22.7 Å². The molecule has 0 bridgehead atoms. The van der Waals surface area contributed by atoms with E-state index >= 15 is 0 Å². The van der Waals surface area contributed by atoms with Crippen LogP contribution in [0.15, 0.2) is 12.1 Å². The van der Waals surface area contributed by atoms with Gasteiger partial charge in [-0.1, -0.05) is 11.6 Å². The van der Waals surface area contributed by atoms with Crippen molar-refractivity contribution in [2.75, 3.05) is 40.0 Å². The molecule has 1 fully saturated rings. The van der Waals surface area contributed by atoms with E-state index in [0.29, 0.717) is 42.9 Å². The Morgan fingerprint density at radius 3 is 2.76 bits per heavy atom. The van der Waals surface area contributed by atoms with E-state index in [0.717, 1.165) is 31.5 Å². The Labute approximate surface area is 158 Å². The Morgan fingerprint density at radius 2 is 2.04 bits per heavy atom. The van der Waals surface area contributed by atoms with Crippen molar-refractivity contribution in [3.63, 3.8) is 0 Å². The van der Waals surface area contributed by atoms with Crippen LogP contribution >= 0.6 is 24.0 Å². The number of nitrogens with one attached hydrogen (secondary N) is 2. The van der Waals surface area contributed by atoms with Crippen molar-refractivity contribution in [1.82, 2.24) is 10.6 Å². The van der Waals surface area contributed by atoms with E-state index in [-0.39, 0.29) is 18.3 Å². The smallest absolute Gasteiger partial charge is 0.228 e. The Morgan fingerprint density at radius 1 is 1.32 bits per heavy atom. The van der Waals surface area contributed by atoms with E-state index in [9.17, 15) is 4.79 Å². The molecule has 8 heteroatoms. The number of hydrogen-bond acceptors (Lipinski definition) is 5. The second-order valence-electron chi connectivity index (χ2n) is 6.25. The van der Waals surface area contributed by atoms with E-state index in [4.69, 9.17) is 25.8 Å². The number of fused-ring (bicyclic) bond motifs is 1. The summed E-state index contributed by atoms with van der Waals surface area (Å²) >= 11 is 6.24. The van der Waals surface area contributed by atoms with Gasteiger partial charge in [-0.25, -0.2) is 0 Å². The molecule has 0 unspecified atom stereocenters. The van der Waals surface area contributed by atoms with Gasteiger partial charge in [-0.3, -0.25) is 4.79 Å². The molecule has 0 aliphatic carbocycles. The minimum absolute atomic E-state index is 0. The van der Waals surface area contributed by atoms with Gasteiger partial charge < -0.3 is 24.8 Å². The lowest BCUT2D eigenvalue weighted by Gasteiger charge is -2.35. The molecule has 2 N–H and O–H groups in total. The highest BCUT2D eigenvalue weighted by atomic mass is 35.5. The highest BCUT2D eigenvalue weighted by Crippen LogP contribution is 2.38. The number of hydrogen-bond donors (Lipinski definition) is 2. The lowest BCUT2D eigenvalue weighted by Crippen LogP contribution is -2.49. The zero-order chi connectivity index (χ0) is 17.0. The van der Waals surface area contributed by atoms with Crippen molar-refractivity contribution < 1.29 is 19.0 Å². The molecular weight excluding hydrogens is 367 g/mol. The second kappa shape index (κ2) is 8.94. The minimum Gasteiger partial charge on any atom is -0.486 e. The molecule has 0 spiro atoms. The van der Waals surface area contributed by atoms with Crippen LogP contribution in [0.1, 0.15) is 18.4 Å². The average molecular weight is 391 g/mol. The monoisotopic (exact) mass is 390 g/mol. The number of carbonyl (C=O) groups excluding carboxylic acids is 1. The summed E-state index contributed by atoms with van der Waals surface area (Å²) in [6.45, 7) is 3.48. The zero-order valence-electron chi connectivity index (χ0n) is 14.2. The maximum atomic E-state index is 12.7. The molecule has 25 heavy (non-hydrogen) atoms. The SMILES string of the molecule is COCC1(C(=O)NCc2cc(Cl)c3c(c2)OCCO3)CCNCC1.Cl. The summed E-state index contributed by atoms with van der Waals surface area (Å²) < 4.78 is 16.4. The predicted molar refractivity (Wildman–Crippen MR) is 97.9 cm³/mol. The number of rotatable bonds is 5. The normalized spacial score (nSPS) is 18.2. The van der Waals surface area contributed by atoms with Gasteiger partial charge in [0.15, 0.2) is 11.5 Å². The van der Waals surface area contributed by atoms with Crippen LogP contribution in [0, 0.1) is 5.41 Å². The summed E-state index contributed by atoms with van der Waals surface area (Å²) in [6.07, 6.45) is 1.54. The molecule has 1 aromatic rings. The lowest BCUT2D eigenvalue weighted by molar-refractivity contribution is -0.136. The molecule has 1 aromatic carbocycles. The number of carbonyl (C=O) groups is 1. The summed E-state index contributed by atoms with van der Waals surface area (Å²) in [7, 11) is 1.64. The van der Waals surface area contributed by atoms with Gasteiger partial charge in [-0.2, -0.15) is 0 Å². The Balaban J connectivity index is 0.00000225. The van der Waals surface area contributed by atoms with Gasteiger partial charge >= 0.3 is 0 Å². The molecule has 2 heterocycles. The highest BCUT2D eigenvalue weighted by Gasteiger charge is 2.39. The largest absolute Gasteiger partial charge is 0.486 e. The fourth-order valence-electron chi connectivity index (χ4n) is 3.25. The van der Waals surface area contributed by atoms with Crippen LogP contribution in [0.25, 0.3) is 0 Å². The van der Waals surface area contributed by atoms with Gasteiger partial charge in [-0.05, 0) is 43.6 Å². The van der Waals surface area contributed by atoms with Crippen LogP contribution < -0.4 is 20.1 Å². The molecule has 1 saturated heterocycles. The molecule has 0 atom stereocenters. The van der Waals surface area contributed by atoms with Crippen molar-refractivity contribution in [3.8, 4) is 11.5 Å². The molecule has 140 valence electrons. The van der Waals surface area contributed by atoms with Crippen molar-refractivity contribution >= 4 is 29.9 Å². The van der Waals surface area contributed by atoms with Crippen LogP contribution in [0.2, 0.25) is 5.02 Å². The Hall–Kier alpha value is -1.21. The first-order valence-corrected chi connectivity index (χ1v) is 8.58.